The lowest BCUT2D eigenvalue weighted by molar-refractivity contribution is -0.143. The first-order valence-electron chi connectivity index (χ1n) is 7.02. The Morgan fingerprint density at radius 3 is 2.64 bits per heavy atom. The van der Waals surface area contributed by atoms with Gasteiger partial charge in [-0.3, -0.25) is 4.79 Å². The Morgan fingerprint density at radius 1 is 1.18 bits per heavy atom. The molecule has 2 aromatic rings. The number of esters is 1. The molecule has 2 amide bonds. The van der Waals surface area contributed by atoms with Gasteiger partial charge < -0.3 is 10.1 Å². The fraction of sp³-hybridized carbons (Fsp3) is 0.235. The molecule has 1 aliphatic heterocycles. The van der Waals surface area contributed by atoms with Crippen molar-refractivity contribution >= 4 is 28.5 Å². The Bertz CT molecular complexity index is 782. The molecule has 0 fully saturated rings. The molecule has 0 saturated carbocycles. The van der Waals surface area contributed by atoms with Crippen LogP contribution in [0.25, 0.3) is 10.8 Å². The fourth-order valence-corrected chi connectivity index (χ4v) is 2.83. The average Bonchev–Trinajstić information content (AvgIpc) is 2.53. The van der Waals surface area contributed by atoms with E-state index in [1.165, 1.54) is 7.11 Å². The van der Waals surface area contributed by atoms with Gasteiger partial charge in [-0.15, -0.1) is 0 Å². The first kappa shape index (κ1) is 14.3. The summed E-state index contributed by atoms with van der Waals surface area (Å²) in [5.74, 6) is -1.01. The highest BCUT2D eigenvalue weighted by atomic mass is 16.5. The maximum atomic E-state index is 12.1. The third-order valence-electron chi connectivity index (χ3n) is 3.93. The number of fused-ring (bicyclic) bond motifs is 1. The molecular formula is C17H16N2O3. The molecule has 0 spiro atoms. The largest absolute Gasteiger partial charge is 0.468 e. The van der Waals surface area contributed by atoms with Crippen LogP contribution in [0.5, 0.6) is 0 Å². The van der Waals surface area contributed by atoms with E-state index in [0.717, 1.165) is 16.3 Å². The first-order valence-corrected chi connectivity index (χ1v) is 7.02. The summed E-state index contributed by atoms with van der Waals surface area (Å²) in [7, 11) is 1.34. The van der Waals surface area contributed by atoms with Gasteiger partial charge in [0.2, 0.25) is 0 Å². The summed E-state index contributed by atoms with van der Waals surface area (Å²) >= 11 is 0. The first-order chi connectivity index (χ1) is 10.6. The van der Waals surface area contributed by atoms with Crippen LogP contribution in [-0.2, 0) is 9.53 Å². The molecule has 1 N–H and O–H groups in total. The summed E-state index contributed by atoms with van der Waals surface area (Å²) < 4.78 is 4.86. The molecule has 3 rings (SSSR count). The van der Waals surface area contributed by atoms with E-state index < -0.39 is 24.0 Å². The molecular weight excluding hydrogens is 280 g/mol. The smallest absolute Gasteiger partial charge is 0.341 e. The predicted octanol–water partition coefficient (Wildman–Crippen LogP) is 2.85. The molecule has 112 valence electrons. The molecule has 5 nitrogen and oxygen atoms in total. The Morgan fingerprint density at radius 2 is 1.91 bits per heavy atom. The number of urea groups is 1. The van der Waals surface area contributed by atoms with E-state index >= 15 is 0 Å². The van der Waals surface area contributed by atoms with Crippen LogP contribution in [0, 0.1) is 5.92 Å². The number of ether oxygens (including phenoxy) is 1. The topological polar surface area (TPSA) is 67.8 Å². The van der Waals surface area contributed by atoms with Crippen molar-refractivity contribution in [3.05, 3.63) is 48.0 Å². The molecule has 22 heavy (non-hydrogen) atoms. The number of methoxy groups -OCH3 is 1. The lowest BCUT2D eigenvalue weighted by atomic mass is 9.87. The van der Waals surface area contributed by atoms with Crippen LogP contribution in [-0.4, -0.2) is 24.8 Å². The van der Waals surface area contributed by atoms with Crippen LogP contribution in [0.2, 0.25) is 0 Å². The summed E-state index contributed by atoms with van der Waals surface area (Å²) in [6.45, 7) is 1.67. The van der Waals surface area contributed by atoms with Gasteiger partial charge in [-0.05, 0) is 29.3 Å². The van der Waals surface area contributed by atoms with Crippen LogP contribution in [0.15, 0.2) is 47.5 Å². The second kappa shape index (κ2) is 5.60. The van der Waals surface area contributed by atoms with Crippen LogP contribution in [0.3, 0.4) is 0 Å². The van der Waals surface area contributed by atoms with Gasteiger partial charge in [0, 0.05) is 5.71 Å². The van der Waals surface area contributed by atoms with Crippen molar-refractivity contribution in [1.29, 1.82) is 0 Å². The van der Waals surface area contributed by atoms with Crippen molar-refractivity contribution in [2.75, 3.05) is 7.11 Å². The van der Waals surface area contributed by atoms with Gasteiger partial charge >= 0.3 is 12.0 Å². The van der Waals surface area contributed by atoms with E-state index in [1.807, 2.05) is 42.5 Å². The van der Waals surface area contributed by atoms with E-state index in [-0.39, 0.29) is 0 Å². The Hall–Kier alpha value is -2.69. The van der Waals surface area contributed by atoms with Crippen LogP contribution >= 0.6 is 0 Å². The Labute approximate surface area is 128 Å². The third kappa shape index (κ3) is 2.45. The Balaban J connectivity index is 2.07. The number of nitrogens with one attached hydrogen (secondary N) is 1. The van der Waals surface area contributed by atoms with Gasteiger partial charge in [0.05, 0.1) is 13.2 Å². The average molecular weight is 296 g/mol. The zero-order valence-electron chi connectivity index (χ0n) is 12.4. The van der Waals surface area contributed by atoms with Gasteiger partial charge in [0.25, 0.3) is 0 Å². The van der Waals surface area contributed by atoms with E-state index in [4.69, 9.17) is 4.74 Å². The monoisotopic (exact) mass is 296 g/mol. The summed E-state index contributed by atoms with van der Waals surface area (Å²) in [6, 6.07) is 12.9. The quantitative estimate of drug-likeness (QED) is 0.866. The molecule has 0 radical (unpaired) electrons. The zero-order valence-corrected chi connectivity index (χ0v) is 12.4. The second-order valence-electron chi connectivity index (χ2n) is 5.29. The zero-order chi connectivity index (χ0) is 15.7. The van der Waals surface area contributed by atoms with Crippen molar-refractivity contribution in [3.8, 4) is 0 Å². The maximum Gasteiger partial charge on any atom is 0.341 e. The number of carbonyl (C=O) groups excluding carboxylic acids is 2. The van der Waals surface area contributed by atoms with Gasteiger partial charge in [0.1, 0.15) is 5.92 Å². The number of aliphatic imine (C=N–C) groups is 1. The summed E-state index contributed by atoms with van der Waals surface area (Å²) in [5.41, 5.74) is 1.32. The predicted molar refractivity (Wildman–Crippen MR) is 83.8 cm³/mol. The van der Waals surface area contributed by atoms with Crippen molar-refractivity contribution < 1.29 is 14.3 Å². The standard InChI is InChI=1S/C17H16N2O3/c1-10-14(16(20)22-2)15(19-17(21)18-10)13-8-7-11-5-3-4-6-12(11)9-13/h3-9,14-15H,1-2H3,(H,19,21). The summed E-state index contributed by atoms with van der Waals surface area (Å²) in [5, 5.41) is 4.92. The van der Waals surface area contributed by atoms with Gasteiger partial charge in [0.15, 0.2) is 0 Å². The van der Waals surface area contributed by atoms with Crippen molar-refractivity contribution in [3.63, 3.8) is 0 Å². The molecule has 1 heterocycles. The van der Waals surface area contributed by atoms with Crippen molar-refractivity contribution in [1.82, 2.24) is 5.32 Å². The van der Waals surface area contributed by atoms with E-state index in [1.54, 1.807) is 6.92 Å². The highest BCUT2D eigenvalue weighted by Crippen LogP contribution is 2.30. The highest BCUT2D eigenvalue weighted by molar-refractivity contribution is 6.08. The molecule has 2 aromatic carbocycles. The van der Waals surface area contributed by atoms with Crippen LogP contribution < -0.4 is 5.32 Å². The summed E-state index contributed by atoms with van der Waals surface area (Å²) in [6.07, 6.45) is 0. The molecule has 0 aliphatic carbocycles. The normalized spacial score (nSPS) is 21.2. The molecule has 2 unspecified atom stereocenters. The molecule has 1 aliphatic rings. The number of rotatable bonds is 2. The number of carbonyl (C=O) groups is 2. The van der Waals surface area contributed by atoms with Crippen LogP contribution in [0.1, 0.15) is 18.5 Å². The minimum absolute atomic E-state index is 0.403. The van der Waals surface area contributed by atoms with Crippen molar-refractivity contribution in [2.45, 2.75) is 13.0 Å². The molecule has 0 saturated heterocycles. The fourth-order valence-electron chi connectivity index (χ4n) is 2.83. The minimum atomic E-state index is -0.608. The van der Waals surface area contributed by atoms with E-state index in [0.29, 0.717) is 5.71 Å². The Kier molecular flexibility index (Phi) is 3.63. The van der Waals surface area contributed by atoms with E-state index in [2.05, 4.69) is 10.3 Å². The lowest BCUT2D eigenvalue weighted by Crippen LogP contribution is -2.44. The molecule has 0 bridgehead atoms. The number of hydrogen-bond acceptors (Lipinski definition) is 3. The SMILES string of the molecule is COC(=O)C1C(C)=NC(=O)NC1c1ccc2ccccc2c1. The number of nitrogens with zero attached hydrogens (tertiary/aromatic N) is 1. The number of amides is 2. The van der Waals surface area contributed by atoms with E-state index in [9.17, 15) is 9.59 Å². The highest BCUT2D eigenvalue weighted by Gasteiger charge is 2.37. The third-order valence-corrected chi connectivity index (χ3v) is 3.93. The molecule has 0 aromatic heterocycles. The number of hydrogen-bond donors (Lipinski definition) is 1. The maximum absolute atomic E-state index is 12.1. The van der Waals surface area contributed by atoms with Gasteiger partial charge in [-0.25, -0.2) is 9.79 Å². The second-order valence-corrected chi connectivity index (χ2v) is 5.29. The molecule has 2 atom stereocenters. The number of benzene rings is 2. The summed E-state index contributed by atoms with van der Waals surface area (Å²) in [4.78, 5) is 27.6. The van der Waals surface area contributed by atoms with Gasteiger partial charge in [-0.2, -0.15) is 0 Å². The van der Waals surface area contributed by atoms with Crippen molar-refractivity contribution in [2.24, 2.45) is 10.9 Å². The van der Waals surface area contributed by atoms with Gasteiger partial charge in [-0.1, -0.05) is 36.4 Å². The van der Waals surface area contributed by atoms with Crippen LogP contribution in [0.4, 0.5) is 4.79 Å². The molecule has 5 heteroatoms. The lowest BCUT2D eigenvalue weighted by Gasteiger charge is -2.29. The minimum Gasteiger partial charge on any atom is -0.468 e.